The maximum atomic E-state index is 14.5. The topological polar surface area (TPSA) is 100 Å². The monoisotopic (exact) mass is 637 g/mol. The van der Waals surface area contributed by atoms with Crippen LogP contribution in [-0.2, 0) is 11.6 Å². The van der Waals surface area contributed by atoms with Crippen molar-refractivity contribution >= 4 is 11.6 Å². The van der Waals surface area contributed by atoms with Crippen LogP contribution in [0.15, 0.2) is 48.7 Å². The minimum Gasteiger partial charge on any atom is -0.493 e. The highest BCUT2D eigenvalue weighted by atomic mass is 19.4. The Bertz CT molecular complexity index is 1620. The van der Waals surface area contributed by atoms with E-state index in [1.54, 1.807) is 28.1 Å². The molecule has 46 heavy (non-hydrogen) atoms. The number of pyridine rings is 2. The lowest BCUT2D eigenvalue weighted by Gasteiger charge is -2.50. The molecule has 9 nitrogen and oxygen atoms in total. The van der Waals surface area contributed by atoms with Gasteiger partial charge < -0.3 is 29.7 Å². The molecule has 0 atom stereocenters. The van der Waals surface area contributed by atoms with Crippen LogP contribution < -0.4 is 19.7 Å². The van der Waals surface area contributed by atoms with Gasteiger partial charge in [-0.25, -0.2) is 9.97 Å². The van der Waals surface area contributed by atoms with E-state index in [0.29, 0.717) is 80.9 Å². The number of carbonyl (C=O) groups is 1. The van der Waals surface area contributed by atoms with Crippen LogP contribution in [0.2, 0.25) is 0 Å². The van der Waals surface area contributed by atoms with Crippen LogP contribution in [0.5, 0.6) is 11.6 Å². The van der Waals surface area contributed by atoms with Crippen LogP contribution in [0.25, 0.3) is 11.3 Å². The van der Waals surface area contributed by atoms with Crippen molar-refractivity contribution in [3.8, 4) is 22.9 Å². The van der Waals surface area contributed by atoms with Gasteiger partial charge >= 0.3 is 6.18 Å². The Balaban J connectivity index is 1.22. The number of piperidine rings is 1. The third-order valence-electron chi connectivity index (χ3n) is 9.69. The van der Waals surface area contributed by atoms with Crippen LogP contribution in [0.3, 0.4) is 0 Å². The largest absolute Gasteiger partial charge is 0.493 e. The van der Waals surface area contributed by atoms with Crippen molar-refractivity contribution < 1.29 is 32.5 Å². The fourth-order valence-corrected chi connectivity index (χ4v) is 7.00. The van der Waals surface area contributed by atoms with Crippen molar-refractivity contribution in [1.29, 1.82) is 0 Å². The van der Waals surface area contributed by atoms with E-state index in [9.17, 15) is 23.1 Å². The minimum absolute atomic E-state index is 0.114. The molecule has 0 radical (unpaired) electrons. The number of benzene rings is 1. The highest BCUT2D eigenvalue weighted by Gasteiger charge is 2.49. The summed E-state index contributed by atoms with van der Waals surface area (Å²) in [5.41, 5.74) is 0.0747. The van der Waals surface area contributed by atoms with Gasteiger partial charge in [0.1, 0.15) is 22.6 Å². The number of aromatic nitrogens is 2. The SMILES string of the molecule is CCOc1ncccc1-c1ccc2c(n1)C(=O)N(CC1(O)CNC1)CC21CCN(c2cccc(OCC3CC3)c2C(F)(F)F)CC1. The summed E-state index contributed by atoms with van der Waals surface area (Å²) in [7, 11) is 0. The lowest BCUT2D eigenvalue weighted by atomic mass is 9.69. The molecule has 7 rings (SSSR count). The molecular formula is C34H38F3N5O4. The van der Waals surface area contributed by atoms with E-state index in [1.807, 2.05) is 25.1 Å². The number of β-amino-alcohol motifs (C(OH)–C–C–N with tert-alkyl or cyclic N) is 1. The average molecular weight is 638 g/mol. The van der Waals surface area contributed by atoms with Crippen LogP contribution >= 0.6 is 0 Å². The summed E-state index contributed by atoms with van der Waals surface area (Å²) < 4.78 is 54.9. The Morgan fingerprint density at radius 3 is 2.52 bits per heavy atom. The van der Waals surface area contributed by atoms with E-state index in [4.69, 9.17) is 14.5 Å². The second kappa shape index (κ2) is 11.7. The molecule has 0 unspecified atom stereocenters. The summed E-state index contributed by atoms with van der Waals surface area (Å²) in [6.45, 7) is 4.52. The van der Waals surface area contributed by atoms with Gasteiger partial charge in [0.05, 0.1) is 36.7 Å². The number of hydrogen-bond acceptors (Lipinski definition) is 8. The van der Waals surface area contributed by atoms with Crippen molar-refractivity contribution in [3.63, 3.8) is 0 Å². The normalized spacial score (nSPS) is 20.3. The molecule has 1 aromatic carbocycles. The van der Waals surface area contributed by atoms with E-state index >= 15 is 0 Å². The van der Waals surface area contributed by atoms with E-state index in [0.717, 1.165) is 18.4 Å². The molecule has 1 aliphatic carbocycles. The number of alkyl halides is 3. The number of aliphatic hydroxyl groups is 1. The van der Waals surface area contributed by atoms with Crippen LogP contribution in [0, 0.1) is 5.92 Å². The standard InChI is InChI=1S/C34H38F3N5O4/c1-2-45-30-23(5-4-14-39-30)25-11-10-24-29(40-25)31(43)42(21-33(44)18-38-19-33)20-32(24)12-15-41(16-13-32)26-6-3-7-27(28(26)34(35,36)37)46-17-22-8-9-22/h3-7,10-11,14,22,38,44H,2,8-9,12-13,15-21H2,1H3. The Hall–Kier alpha value is -3.90. The zero-order chi connectivity index (χ0) is 32.1. The molecule has 2 saturated heterocycles. The van der Waals surface area contributed by atoms with Gasteiger partial charge in [-0.15, -0.1) is 0 Å². The maximum Gasteiger partial charge on any atom is 0.421 e. The molecule has 1 saturated carbocycles. The summed E-state index contributed by atoms with van der Waals surface area (Å²) in [6.07, 6.45) is 0.0262. The quantitative estimate of drug-likeness (QED) is 0.349. The number of fused-ring (bicyclic) bond motifs is 2. The number of nitrogens with one attached hydrogen (secondary N) is 1. The molecule has 3 fully saturated rings. The molecule has 1 spiro atoms. The van der Waals surface area contributed by atoms with Gasteiger partial charge in [-0.1, -0.05) is 12.1 Å². The molecule has 2 aromatic heterocycles. The summed E-state index contributed by atoms with van der Waals surface area (Å²) in [5, 5.41) is 14.1. The van der Waals surface area contributed by atoms with Crippen molar-refractivity contribution in [1.82, 2.24) is 20.2 Å². The third-order valence-corrected chi connectivity index (χ3v) is 9.69. The predicted octanol–water partition coefficient (Wildman–Crippen LogP) is 4.68. The first-order valence-electron chi connectivity index (χ1n) is 16.0. The van der Waals surface area contributed by atoms with Crippen molar-refractivity contribution in [2.45, 2.75) is 49.8 Å². The number of rotatable bonds is 9. The van der Waals surface area contributed by atoms with Gasteiger partial charge in [0.25, 0.3) is 5.91 Å². The molecule has 12 heteroatoms. The highest BCUT2D eigenvalue weighted by Crippen LogP contribution is 2.47. The lowest BCUT2D eigenvalue weighted by Crippen LogP contribution is -2.67. The first kappa shape index (κ1) is 30.7. The number of hydrogen-bond donors (Lipinski definition) is 2. The van der Waals surface area contributed by atoms with E-state index in [2.05, 4.69) is 10.3 Å². The molecule has 3 aliphatic heterocycles. The summed E-state index contributed by atoms with van der Waals surface area (Å²) in [6, 6.07) is 12.0. The Morgan fingerprint density at radius 2 is 1.85 bits per heavy atom. The number of amides is 1. The van der Waals surface area contributed by atoms with Crippen LogP contribution in [0.4, 0.5) is 18.9 Å². The molecule has 5 heterocycles. The Kier molecular flexibility index (Phi) is 7.83. The van der Waals surface area contributed by atoms with Crippen molar-refractivity contribution in [3.05, 3.63) is 65.5 Å². The zero-order valence-electron chi connectivity index (χ0n) is 25.8. The van der Waals surface area contributed by atoms with E-state index in [1.165, 1.54) is 12.1 Å². The number of halogens is 3. The van der Waals surface area contributed by atoms with E-state index < -0.39 is 22.8 Å². The zero-order valence-corrected chi connectivity index (χ0v) is 25.8. The second-order valence-corrected chi connectivity index (χ2v) is 13.0. The smallest absolute Gasteiger partial charge is 0.421 e. The summed E-state index contributed by atoms with van der Waals surface area (Å²) in [5.74, 6) is 0.340. The minimum atomic E-state index is -4.58. The number of ether oxygens (including phenoxy) is 2. The van der Waals surface area contributed by atoms with Gasteiger partial charge in [-0.05, 0) is 74.4 Å². The van der Waals surface area contributed by atoms with Crippen LogP contribution in [-0.4, -0.2) is 84.0 Å². The van der Waals surface area contributed by atoms with Crippen molar-refractivity contribution in [2.24, 2.45) is 5.92 Å². The second-order valence-electron chi connectivity index (χ2n) is 13.0. The average Bonchev–Trinajstić information content (AvgIpc) is 3.86. The lowest BCUT2D eigenvalue weighted by molar-refractivity contribution is -0.138. The molecule has 0 bridgehead atoms. The fraction of sp³-hybridized carbons (Fsp3) is 0.500. The van der Waals surface area contributed by atoms with E-state index in [-0.39, 0.29) is 30.5 Å². The number of carbonyl (C=O) groups excluding carboxylic acids is 1. The predicted molar refractivity (Wildman–Crippen MR) is 165 cm³/mol. The summed E-state index contributed by atoms with van der Waals surface area (Å²) in [4.78, 5) is 26.7. The fourth-order valence-electron chi connectivity index (χ4n) is 7.00. The molecule has 3 aromatic rings. The first-order valence-corrected chi connectivity index (χ1v) is 16.0. The van der Waals surface area contributed by atoms with Gasteiger partial charge in [0.2, 0.25) is 5.88 Å². The Labute approximate surface area is 265 Å². The number of nitrogens with zero attached hydrogens (tertiary/aromatic N) is 4. The highest BCUT2D eigenvalue weighted by molar-refractivity contribution is 5.96. The molecule has 244 valence electrons. The third kappa shape index (κ3) is 5.77. The van der Waals surface area contributed by atoms with Crippen LogP contribution in [0.1, 0.15) is 54.2 Å². The van der Waals surface area contributed by atoms with Gasteiger partial charge in [0, 0.05) is 44.3 Å². The molecule has 4 aliphatic rings. The summed E-state index contributed by atoms with van der Waals surface area (Å²) >= 11 is 0. The first-order chi connectivity index (χ1) is 22.1. The van der Waals surface area contributed by atoms with Gasteiger partial charge in [-0.3, -0.25) is 4.79 Å². The molecule has 2 N–H and O–H groups in total. The number of anilines is 1. The van der Waals surface area contributed by atoms with Crippen molar-refractivity contribution in [2.75, 3.05) is 57.4 Å². The molecular weight excluding hydrogens is 599 g/mol. The van der Waals surface area contributed by atoms with Gasteiger partial charge in [0.15, 0.2) is 0 Å². The molecule has 1 amide bonds. The Morgan fingerprint density at radius 1 is 1.07 bits per heavy atom. The maximum absolute atomic E-state index is 14.5. The van der Waals surface area contributed by atoms with Gasteiger partial charge in [-0.2, -0.15) is 13.2 Å².